The van der Waals surface area contributed by atoms with E-state index >= 15 is 0 Å². The van der Waals surface area contributed by atoms with Crippen LogP contribution in [-0.2, 0) is 11.2 Å². The molecule has 0 radical (unpaired) electrons. The summed E-state index contributed by atoms with van der Waals surface area (Å²) in [5, 5.41) is 5.87. The van der Waals surface area contributed by atoms with Crippen LogP contribution in [0.15, 0.2) is 65.1 Å². The van der Waals surface area contributed by atoms with Crippen molar-refractivity contribution in [3.63, 3.8) is 0 Å². The Morgan fingerprint density at radius 3 is 2.51 bits per heavy atom. The zero-order chi connectivity index (χ0) is 24.9. The second-order valence-corrected chi connectivity index (χ2v) is 9.31. The summed E-state index contributed by atoms with van der Waals surface area (Å²) < 4.78 is 11.5. The van der Waals surface area contributed by atoms with E-state index < -0.39 is 0 Å². The van der Waals surface area contributed by atoms with E-state index in [1.54, 1.807) is 0 Å². The molecule has 1 amide bonds. The number of oxazole rings is 1. The predicted octanol–water partition coefficient (Wildman–Crippen LogP) is 6.05. The maximum atomic E-state index is 12.2. The lowest BCUT2D eigenvalue weighted by atomic mass is 10.0. The minimum absolute atomic E-state index is 0.119. The molecule has 0 unspecified atom stereocenters. The van der Waals surface area contributed by atoms with Crippen molar-refractivity contribution in [1.82, 2.24) is 10.3 Å². The first-order valence-electron chi connectivity index (χ1n) is 11.6. The number of hydrogen-bond donors (Lipinski definition) is 2. The highest BCUT2D eigenvalue weighted by Crippen LogP contribution is 2.23. The van der Waals surface area contributed by atoms with Gasteiger partial charge in [-0.3, -0.25) is 10.1 Å². The lowest BCUT2D eigenvalue weighted by molar-refractivity contribution is -0.121. The van der Waals surface area contributed by atoms with Crippen molar-refractivity contribution in [1.29, 1.82) is 0 Å². The van der Waals surface area contributed by atoms with Crippen molar-refractivity contribution < 1.29 is 13.9 Å². The van der Waals surface area contributed by atoms with Crippen molar-refractivity contribution in [2.45, 2.75) is 40.0 Å². The minimum atomic E-state index is -0.325. The molecule has 0 aliphatic rings. The van der Waals surface area contributed by atoms with E-state index in [4.69, 9.17) is 21.4 Å². The van der Waals surface area contributed by atoms with E-state index in [2.05, 4.69) is 41.6 Å². The van der Waals surface area contributed by atoms with Crippen LogP contribution in [0.3, 0.4) is 0 Å². The molecule has 2 N–H and O–H groups in total. The Morgan fingerprint density at radius 1 is 1.03 bits per heavy atom. The largest absolute Gasteiger partial charge is 0.484 e. The number of thiocarbonyl (C=S) groups is 1. The van der Waals surface area contributed by atoms with Gasteiger partial charge in [0.1, 0.15) is 11.3 Å². The highest BCUT2D eigenvalue weighted by atomic mass is 32.1. The molecule has 6 nitrogen and oxygen atoms in total. The Morgan fingerprint density at radius 2 is 1.80 bits per heavy atom. The van der Waals surface area contributed by atoms with Gasteiger partial charge in [-0.25, -0.2) is 4.98 Å². The topological polar surface area (TPSA) is 76.4 Å². The van der Waals surface area contributed by atoms with Gasteiger partial charge in [0.05, 0.1) is 0 Å². The molecule has 4 rings (SSSR count). The maximum absolute atomic E-state index is 12.2. The Balaban J connectivity index is 1.28. The van der Waals surface area contributed by atoms with E-state index in [0.29, 0.717) is 24.0 Å². The van der Waals surface area contributed by atoms with Gasteiger partial charge in [-0.2, -0.15) is 0 Å². The highest BCUT2D eigenvalue weighted by Gasteiger charge is 2.10. The number of carbonyl (C=O) groups is 1. The van der Waals surface area contributed by atoms with E-state index in [1.165, 1.54) is 11.1 Å². The quantitative estimate of drug-likeness (QED) is 0.309. The molecule has 3 aromatic carbocycles. The molecule has 0 saturated carbocycles. The molecule has 0 fully saturated rings. The summed E-state index contributed by atoms with van der Waals surface area (Å²) in [4.78, 5) is 16.8. The number of carbonyl (C=O) groups excluding carboxylic acids is 1. The molecule has 0 saturated heterocycles. The van der Waals surface area contributed by atoms with E-state index in [1.807, 2.05) is 62.4 Å². The molecule has 4 aromatic rings. The fourth-order valence-corrected chi connectivity index (χ4v) is 3.82. The number of benzene rings is 3. The molecule has 0 aliphatic heterocycles. The fourth-order valence-electron chi connectivity index (χ4n) is 3.59. The van der Waals surface area contributed by atoms with Gasteiger partial charge >= 0.3 is 0 Å². The SMILES string of the molecule is Cc1ccc(OCC(=O)NC(=S)Nc2ccc(Cc3nc4cc(C(C)C)ccc4o3)cc2)cc1C. The van der Waals surface area contributed by atoms with Gasteiger partial charge in [0.15, 0.2) is 23.2 Å². The first-order valence-corrected chi connectivity index (χ1v) is 12.0. The third kappa shape index (κ3) is 6.45. The molecule has 1 heterocycles. The average Bonchev–Trinajstić information content (AvgIpc) is 3.22. The van der Waals surface area contributed by atoms with Crippen LogP contribution in [0.2, 0.25) is 0 Å². The molecule has 0 bridgehead atoms. The van der Waals surface area contributed by atoms with Crippen molar-refractivity contribution in [2.75, 3.05) is 11.9 Å². The second kappa shape index (κ2) is 10.7. The Bertz CT molecular complexity index is 1360. The number of rotatable bonds is 7. The van der Waals surface area contributed by atoms with Crippen LogP contribution in [0.4, 0.5) is 5.69 Å². The van der Waals surface area contributed by atoms with Gasteiger partial charge in [-0.05, 0) is 90.6 Å². The first kappa shape index (κ1) is 24.4. The summed E-state index contributed by atoms with van der Waals surface area (Å²) in [5.41, 5.74) is 7.04. The van der Waals surface area contributed by atoms with Gasteiger partial charge in [0.2, 0.25) is 0 Å². The molecule has 180 valence electrons. The summed E-state index contributed by atoms with van der Waals surface area (Å²) in [5.74, 6) is 1.44. The first-order chi connectivity index (χ1) is 16.8. The zero-order valence-corrected chi connectivity index (χ0v) is 21.2. The monoisotopic (exact) mass is 487 g/mol. The van der Waals surface area contributed by atoms with Crippen LogP contribution in [0.5, 0.6) is 5.75 Å². The van der Waals surface area contributed by atoms with Crippen LogP contribution >= 0.6 is 12.2 Å². The number of hydrogen-bond acceptors (Lipinski definition) is 5. The van der Waals surface area contributed by atoms with Gasteiger partial charge in [0.25, 0.3) is 5.91 Å². The number of nitrogens with one attached hydrogen (secondary N) is 2. The lowest BCUT2D eigenvalue weighted by Gasteiger charge is -2.11. The van der Waals surface area contributed by atoms with Crippen molar-refractivity contribution in [3.05, 3.63) is 88.8 Å². The van der Waals surface area contributed by atoms with Crippen LogP contribution in [-0.4, -0.2) is 22.6 Å². The maximum Gasteiger partial charge on any atom is 0.264 e. The number of aromatic nitrogens is 1. The van der Waals surface area contributed by atoms with Crippen LogP contribution in [0.1, 0.15) is 47.9 Å². The zero-order valence-electron chi connectivity index (χ0n) is 20.3. The third-order valence-corrected chi connectivity index (χ3v) is 6.00. The summed E-state index contributed by atoms with van der Waals surface area (Å²) in [7, 11) is 0. The Hall–Kier alpha value is -3.71. The van der Waals surface area contributed by atoms with Gasteiger partial charge in [-0.1, -0.05) is 38.1 Å². The molecule has 7 heteroatoms. The molecule has 0 spiro atoms. The van der Waals surface area contributed by atoms with Gasteiger partial charge < -0.3 is 14.5 Å². The smallest absolute Gasteiger partial charge is 0.264 e. The molecular formula is C28H29N3O3S. The second-order valence-electron chi connectivity index (χ2n) is 8.90. The number of ether oxygens (including phenoxy) is 1. The molecule has 0 aliphatic carbocycles. The summed E-state index contributed by atoms with van der Waals surface area (Å²) in [6, 6.07) is 19.6. The standard InChI is InChI=1S/C28H29N3O3S/c1-17(2)21-8-12-25-24(15-21)30-27(34-25)14-20-6-9-22(10-7-20)29-28(35)31-26(32)16-33-23-11-5-18(3)19(4)13-23/h5-13,15,17H,14,16H2,1-4H3,(H2,29,31,32,35). The normalized spacial score (nSPS) is 11.0. The van der Waals surface area contributed by atoms with Crippen molar-refractivity contribution in [3.8, 4) is 5.75 Å². The summed E-state index contributed by atoms with van der Waals surface area (Å²) in [6.07, 6.45) is 0.586. The highest BCUT2D eigenvalue weighted by molar-refractivity contribution is 7.80. The Kier molecular flexibility index (Phi) is 7.46. The Labute approximate surface area is 210 Å². The van der Waals surface area contributed by atoms with Crippen molar-refractivity contribution in [2.24, 2.45) is 0 Å². The molecular weight excluding hydrogens is 458 g/mol. The number of amides is 1. The number of fused-ring (bicyclic) bond motifs is 1. The third-order valence-electron chi connectivity index (χ3n) is 5.79. The summed E-state index contributed by atoms with van der Waals surface area (Å²) >= 11 is 5.26. The van der Waals surface area contributed by atoms with Crippen LogP contribution in [0, 0.1) is 13.8 Å². The van der Waals surface area contributed by atoms with E-state index in [0.717, 1.165) is 27.9 Å². The summed E-state index contributed by atoms with van der Waals surface area (Å²) in [6.45, 7) is 8.23. The predicted molar refractivity (Wildman–Crippen MR) is 143 cm³/mol. The van der Waals surface area contributed by atoms with Crippen LogP contribution in [0.25, 0.3) is 11.1 Å². The molecule has 35 heavy (non-hydrogen) atoms. The number of nitrogens with zero attached hydrogens (tertiary/aromatic N) is 1. The molecule has 0 atom stereocenters. The van der Waals surface area contributed by atoms with E-state index in [-0.39, 0.29) is 17.6 Å². The van der Waals surface area contributed by atoms with Gasteiger partial charge in [-0.15, -0.1) is 0 Å². The lowest BCUT2D eigenvalue weighted by Crippen LogP contribution is -2.37. The van der Waals surface area contributed by atoms with Crippen LogP contribution < -0.4 is 15.4 Å². The number of anilines is 1. The average molecular weight is 488 g/mol. The minimum Gasteiger partial charge on any atom is -0.484 e. The van der Waals surface area contributed by atoms with E-state index in [9.17, 15) is 4.79 Å². The van der Waals surface area contributed by atoms with Gasteiger partial charge in [0, 0.05) is 12.1 Å². The number of aryl methyl sites for hydroxylation is 2. The molecule has 1 aromatic heterocycles. The van der Waals surface area contributed by atoms with Crippen molar-refractivity contribution >= 4 is 40.0 Å². The fraction of sp³-hybridized carbons (Fsp3) is 0.250.